The standard InChI is InChI=1S/C22H17N5O3/c1-13-19(22(28)26-16-5-3-2-4-6-16)20(27-21(25-13)15(10-23)11-24-27)14-7-8-17-18(9-14)30-12-29-17/h2-9,11,20,25H,12H2,1H3,(H,26,28)/t20-/m0/s1. The molecule has 0 fully saturated rings. The minimum atomic E-state index is -0.540. The third-order valence-electron chi connectivity index (χ3n) is 5.13. The van der Waals surface area contributed by atoms with Crippen molar-refractivity contribution in [2.75, 3.05) is 17.4 Å². The van der Waals surface area contributed by atoms with Gasteiger partial charge in [-0.25, -0.2) is 4.68 Å². The molecule has 8 nitrogen and oxygen atoms in total. The maximum absolute atomic E-state index is 13.3. The number of carbonyl (C=O) groups is 1. The average Bonchev–Trinajstić information content (AvgIpc) is 3.39. The Morgan fingerprint density at radius 3 is 2.83 bits per heavy atom. The van der Waals surface area contributed by atoms with Crippen LogP contribution in [0.1, 0.15) is 24.1 Å². The van der Waals surface area contributed by atoms with Gasteiger partial charge in [-0.1, -0.05) is 24.3 Å². The number of carbonyl (C=O) groups excluding carboxylic acids is 1. The molecule has 0 aliphatic carbocycles. The number of para-hydroxylation sites is 1. The highest BCUT2D eigenvalue weighted by molar-refractivity contribution is 6.06. The van der Waals surface area contributed by atoms with Gasteiger partial charge in [-0.15, -0.1) is 0 Å². The third kappa shape index (κ3) is 2.84. The molecule has 2 aliphatic rings. The van der Waals surface area contributed by atoms with Gasteiger partial charge in [0, 0.05) is 11.4 Å². The average molecular weight is 399 g/mol. The molecule has 0 bridgehead atoms. The van der Waals surface area contributed by atoms with Gasteiger partial charge in [0.2, 0.25) is 6.79 Å². The van der Waals surface area contributed by atoms with E-state index < -0.39 is 6.04 Å². The lowest BCUT2D eigenvalue weighted by molar-refractivity contribution is -0.113. The van der Waals surface area contributed by atoms with Gasteiger partial charge in [-0.3, -0.25) is 4.79 Å². The number of fused-ring (bicyclic) bond motifs is 2. The van der Waals surface area contributed by atoms with Crippen molar-refractivity contribution < 1.29 is 14.3 Å². The van der Waals surface area contributed by atoms with Crippen molar-refractivity contribution in [3.05, 3.63) is 77.1 Å². The van der Waals surface area contributed by atoms with Crippen LogP contribution in [0.3, 0.4) is 0 Å². The Kier molecular flexibility index (Phi) is 4.14. The number of nitrogens with one attached hydrogen (secondary N) is 2. The van der Waals surface area contributed by atoms with E-state index in [1.807, 2.05) is 55.5 Å². The fourth-order valence-corrected chi connectivity index (χ4v) is 3.74. The summed E-state index contributed by atoms with van der Waals surface area (Å²) in [6.45, 7) is 1.98. The zero-order valence-electron chi connectivity index (χ0n) is 16.0. The Morgan fingerprint density at radius 1 is 1.23 bits per heavy atom. The molecular weight excluding hydrogens is 382 g/mol. The molecule has 0 spiro atoms. The van der Waals surface area contributed by atoms with Crippen molar-refractivity contribution in [2.45, 2.75) is 13.0 Å². The quantitative estimate of drug-likeness (QED) is 0.700. The summed E-state index contributed by atoms with van der Waals surface area (Å²) in [7, 11) is 0. The largest absolute Gasteiger partial charge is 0.454 e. The van der Waals surface area contributed by atoms with Crippen LogP contribution < -0.4 is 20.1 Å². The van der Waals surface area contributed by atoms with Crippen molar-refractivity contribution in [3.63, 3.8) is 0 Å². The number of anilines is 2. The van der Waals surface area contributed by atoms with Crippen molar-refractivity contribution in [1.29, 1.82) is 5.26 Å². The molecular formula is C22H17N5O3. The first kappa shape index (κ1) is 17.8. The summed E-state index contributed by atoms with van der Waals surface area (Å²) in [4.78, 5) is 13.3. The summed E-state index contributed by atoms with van der Waals surface area (Å²) >= 11 is 0. The fourth-order valence-electron chi connectivity index (χ4n) is 3.74. The van der Waals surface area contributed by atoms with Gasteiger partial charge in [-0.2, -0.15) is 10.4 Å². The zero-order valence-corrected chi connectivity index (χ0v) is 16.0. The molecule has 0 unspecified atom stereocenters. The lowest BCUT2D eigenvalue weighted by Gasteiger charge is -2.30. The summed E-state index contributed by atoms with van der Waals surface area (Å²) in [5, 5.41) is 20.0. The van der Waals surface area contributed by atoms with E-state index in [-0.39, 0.29) is 12.7 Å². The molecule has 2 aliphatic heterocycles. The number of benzene rings is 2. The fraction of sp³-hybridized carbons (Fsp3) is 0.136. The predicted octanol–water partition coefficient (Wildman–Crippen LogP) is 3.41. The number of amides is 1. The Hall–Kier alpha value is -4.25. The highest BCUT2D eigenvalue weighted by Crippen LogP contribution is 2.41. The Bertz CT molecular complexity index is 1220. The lowest BCUT2D eigenvalue weighted by Crippen LogP contribution is -2.31. The minimum absolute atomic E-state index is 0.160. The van der Waals surface area contributed by atoms with Gasteiger partial charge in [0.15, 0.2) is 11.5 Å². The van der Waals surface area contributed by atoms with Crippen LogP contribution in [0, 0.1) is 11.3 Å². The lowest BCUT2D eigenvalue weighted by atomic mass is 9.94. The molecule has 1 aromatic heterocycles. The number of aromatic nitrogens is 2. The Morgan fingerprint density at radius 2 is 2.03 bits per heavy atom. The van der Waals surface area contributed by atoms with Gasteiger partial charge < -0.3 is 20.1 Å². The van der Waals surface area contributed by atoms with Crippen molar-refractivity contribution in [3.8, 4) is 17.6 Å². The van der Waals surface area contributed by atoms with E-state index in [9.17, 15) is 10.1 Å². The molecule has 3 aromatic rings. The summed E-state index contributed by atoms with van der Waals surface area (Å²) in [5.74, 6) is 1.56. The number of hydrogen-bond acceptors (Lipinski definition) is 6. The first-order valence-electron chi connectivity index (χ1n) is 9.37. The van der Waals surface area contributed by atoms with Gasteiger partial charge in [0.25, 0.3) is 5.91 Å². The smallest absolute Gasteiger partial charge is 0.255 e. The third-order valence-corrected chi connectivity index (χ3v) is 5.13. The predicted molar refractivity (Wildman–Crippen MR) is 109 cm³/mol. The summed E-state index contributed by atoms with van der Waals surface area (Å²) in [6.07, 6.45) is 1.49. The van der Waals surface area contributed by atoms with E-state index in [1.54, 1.807) is 4.68 Å². The van der Waals surface area contributed by atoms with Crippen LogP contribution in [0.15, 0.2) is 66.0 Å². The van der Waals surface area contributed by atoms with Crippen LogP contribution >= 0.6 is 0 Å². The SMILES string of the molecule is CC1=C(C(=O)Nc2ccccc2)[C@H](c2ccc3c(c2)OCO3)n2ncc(C#N)c2N1. The van der Waals surface area contributed by atoms with E-state index in [4.69, 9.17) is 9.47 Å². The van der Waals surface area contributed by atoms with Gasteiger partial charge in [-0.05, 0) is 36.8 Å². The molecule has 30 heavy (non-hydrogen) atoms. The van der Waals surface area contributed by atoms with Crippen LogP contribution in [0.5, 0.6) is 11.5 Å². The molecule has 0 radical (unpaired) electrons. The first-order chi connectivity index (χ1) is 14.7. The normalized spacial score (nSPS) is 16.5. The van der Waals surface area contributed by atoms with E-state index in [0.717, 1.165) is 5.56 Å². The first-order valence-corrected chi connectivity index (χ1v) is 9.37. The van der Waals surface area contributed by atoms with Crippen LogP contribution in [-0.2, 0) is 4.79 Å². The number of rotatable bonds is 3. The monoisotopic (exact) mass is 399 g/mol. The van der Waals surface area contributed by atoms with Gasteiger partial charge in [0.05, 0.1) is 11.8 Å². The van der Waals surface area contributed by atoms with Crippen molar-refractivity contribution in [2.24, 2.45) is 0 Å². The van der Waals surface area contributed by atoms with E-state index >= 15 is 0 Å². The molecule has 2 aromatic carbocycles. The van der Waals surface area contributed by atoms with Gasteiger partial charge >= 0.3 is 0 Å². The Labute approximate surface area is 172 Å². The minimum Gasteiger partial charge on any atom is -0.454 e. The summed E-state index contributed by atoms with van der Waals surface area (Å²) < 4.78 is 12.6. The number of ether oxygens (including phenoxy) is 2. The van der Waals surface area contributed by atoms with E-state index in [1.165, 1.54) is 6.20 Å². The highest BCUT2D eigenvalue weighted by atomic mass is 16.7. The van der Waals surface area contributed by atoms with Gasteiger partial charge in [0.1, 0.15) is 23.5 Å². The van der Waals surface area contributed by atoms with Crippen LogP contribution in [0.25, 0.3) is 0 Å². The number of nitriles is 1. The van der Waals surface area contributed by atoms with Crippen LogP contribution in [0.2, 0.25) is 0 Å². The zero-order chi connectivity index (χ0) is 20.7. The second-order valence-electron chi connectivity index (χ2n) is 6.96. The number of hydrogen-bond donors (Lipinski definition) is 2. The van der Waals surface area contributed by atoms with E-state index in [2.05, 4.69) is 21.8 Å². The second-order valence-corrected chi connectivity index (χ2v) is 6.96. The van der Waals surface area contributed by atoms with Crippen LogP contribution in [0.4, 0.5) is 11.5 Å². The van der Waals surface area contributed by atoms with Crippen molar-refractivity contribution in [1.82, 2.24) is 9.78 Å². The summed E-state index contributed by atoms with van der Waals surface area (Å²) in [6, 6.07) is 16.4. The topological polar surface area (TPSA) is 101 Å². The molecule has 2 N–H and O–H groups in total. The molecule has 5 rings (SSSR count). The van der Waals surface area contributed by atoms with Crippen molar-refractivity contribution >= 4 is 17.4 Å². The molecule has 1 atom stereocenters. The number of nitrogens with zero attached hydrogens (tertiary/aromatic N) is 3. The summed E-state index contributed by atoms with van der Waals surface area (Å²) in [5.41, 5.74) is 3.04. The molecule has 3 heterocycles. The Balaban J connectivity index is 1.62. The molecule has 8 heteroatoms. The molecule has 1 amide bonds. The molecule has 0 saturated heterocycles. The second kappa shape index (κ2) is 6.97. The maximum Gasteiger partial charge on any atom is 0.255 e. The number of allylic oxidation sites excluding steroid dienone is 1. The molecule has 0 saturated carbocycles. The highest BCUT2D eigenvalue weighted by Gasteiger charge is 2.35. The maximum atomic E-state index is 13.3. The van der Waals surface area contributed by atoms with E-state index in [0.29, 0.717) is 39.8 Å². The molecule has 148 valence electrons. The van der Waals surface area contributed by atoms with Crippen LogP contribution in [-0.4, -0.2) is 22.5 Å².